The Labute approximate surface area is 265 Å². The average Bonchev–Trinajstić information content (AvgIpc) is 3.06. The van der Waals surface area contributed by atoms with Gasteiger partial charge >= 0.3 is 30.8 Å². The summed E-state index contributed by atoms with van der Waals surface area (Å²) >= 11 is 0. The number of rotatable bonds is 17. The van der Waals surface area contributed by atoms with Crippen molar-refractivity contribution in [1.82, 2.24) is 0 Å². The number of ether oxygens (including phenoxy) is 11. The number of hydrogen-bond acceptors (Lipinski definition) is 20. The van der Waals surface area contributed by atoms with Crippen molar-refractivity contribution in [2.75, 3.05) is 87.4 Å². The summed E-state index contributed by atoms with van der Waals surface area (Å²) in [6.45, 7) is 3.47. The molecular formula is C26H44O20. The van der Waals surface area contributed by atoms with Crippen molar-refractivity contribution in [2.45, 2.75) is 50.4 Å². The summed E-state index contributed by atoms with van der Waals surface area (Å²) in [5.41, 5.74) is -2.57. The average molecular weight is 677 g/mol. The van der Waals surface area contributed by atoms with Crippen molar-refractivity contribution in [3.8, 4) is 0 Å². The lowest BCUT2D eigenvalue weighted by Crippen LogP contribution is -2.44. The molecule has 20 heteroatoms. The maximum atomic E-state index is 11.4. The zero-order valence-electron chi connectivity index (χ0n) is 26.7. The molecule has 1 aliphatic heterocycles. The molecule has 1 aliphatic rings. The fourth-order valence-electron chi connectivity index (χ4n) is 2.33. The first kappa shape index (κ1) is 42.1. The molecule has 0 aromatic heterocycles. The zero-order chi connectivity index (χ0) is 35.1. The van der Waals surface area contributed by atoms with E-state index in [4.69, 9.17) is 43.4 Å². The highest BCUT2D eigenvalue weighted by atomic mass is 17.3. The van der Waals surface area contributed by atoms with Gasteiger partial charge in [0.05, 0.1) is 39.6 Å². The van der Waals surface area contributed by atoms with E-state index >= 15 is 0 Å². The third kappa shape index (κ3) is 19.5. The number of aliphatic hydroxyl groups is 2. The highest BCUT2D eigenvalue weighted by Crippen LogP contribution is 2.15. The molecule has 0 radical (unpaired) electrons. The van der Waals surface area contributed by atoms with Gasteiger partial charge in [-0.05, 0) is 20.8 Å². The van der Waals surface area contributed by atoms with Crippen molar-refractivity contribution in [3.05, 3.63) is 0 Å². The van der Waals surface area contributed by atoms with Crippen molar-refractivity contribution in [3.63, 3.8) is 0 Å². The lowest BCUT2D eigenvalue weighted by Gasteiger charge is -2.30. The Morgan fingerprint density at radius 1 is 0.674 bits per heavy atom. The van der Waals surface area contributed by atoms with Crippen LogP contribution in [0.4, 0.5) is 24.0 Å². The van der Waals surface area contributed by atoms with Gasteiger partial charge in [0.2, 0.25) is 0 Å². The van der Waals surface area contributed by atoms with Gasteiger partial charge in [-0.3, -0.25) is 0 Å². The molecule has 0 aromatic rings. The van der Waals surface area contributed by atoms with Gasteiger partial charge in [0.15, 0.2) is 0 Å². The Bertz CT molecular complexity index is 849. The van der Waals surface area contributed by atoms with Gasteiger partial charge in [0.1, 0.15) is 43.2 Å². The fraction of sp³-hybridized carbons (Fsp3) is 0.808. The van der Waals surface area contributed by atoms with E-state index in [1.807, 2.05) is 6.92 Å². The number of carbonyl (C=O) groups is 5. The van der Waals surface area contributed by atoms with Gasteiger partial charge < -0.3 is 62.3 Å². The van der Waals surface area contributed by atoms with Crippen LogP contribution in [0, 0.1) is 0 Å². The molecule has 0 bridgehead atoms. The standard InChI is InChI=1S/C20H34O16.C6H10O4/c1-19(11-21,27-3)13-33-15(23)29-7-5-9-31-17(25)35-36-18(26)32-10-6-8-30-16(24)34-14-20(2,12-22)28-4;1-6(8-2)3-9-5(7)10-4-6/h21-22H,5-14H2,1-4H3;3-4H2,1-2H3. The quantitative estimate of drug-likeness (QED) is 0.0730. The first-order chi connectivity index (χ1) is 21.7. The lowest BCUT2D eigenvalue weighted by molar-refractivity contribution is -0.218. The van der Waals surface area contributed by atoms with Crippen LogP contribution < -0.4 is 0 Å². The normalized spacial score (nSPS) is 15.9. The van der Waals surface area contributed by atoms with Gasteiger partial charge in [-0.2, -0.15) is 19.4 Å². The Kier molecular flexibility index (Phi) is 20.7. The molecule has 2 unspecified atom stereocenters. The molecule has 2 N–H and O–H groups in total. The van der Waals surface area contributed by atoms with Gasteiger partial charge in [-0.1, -0.05) is 0 Å². The molecule has 1 saturated heterocycles. The molecule has 0 spiro atoms. The summed E-state index contributed by atoms with van der Waals surface area (Å²) in [7, 11) is 4.26. The van der Waals surface area contributed by atoms with Crippen LogP contribution in [0.25, 0.3) is 0 Å². The third-order valence-corrected chi connectivity index (χ3v) is 5.76. The van der Waals surface area contributed by atoms with Crippen LogP contribution in [0.2, 0.25) is 0 Å². The highest BCUT2D eigenvalue weighted by Gasteiger charge is 2.32. The topological polar surface area (TPSA) is 246 Å². The minimum absolute atomic E-state index is 0.0866. The smallest absolute Gasteiger partial charge is 0.434 e. The second-order valence-corrected chi connectivity index (χ2v) is 9.95. The minimum atomic E-state index is -1.34. The van der Waals surface area contributed by atoms with Gasteiger partial charge in [0.25, 0.3) is 0 Å². The summed E-state index contributed by atoms with van der Waals surface area (Å²) < 4.78 is 52.4. The van der Waals surface area contributed by atoms with E-state index in [9.17, 15) is 24.0 Å². The van der Waals surface area contributed by atoms with E-state index in [2.05, 4.69) is 28.7 Å². The van der Waals surface area contributed by atoms with Crippen LogP contribution in [0.3, 0.4) is 0 Å². The van der Waals surface area contributed by atoms with E-state index in [0.29, 0.717) is 0 Å². The molecule has 0 saturated carbocycles. The summed E-state index contributed by atoms with van der Waals surface area (Å²) in [5, 5.41) is 18.2. The summed E-state index contributed by atoms with van der Waals surface area (Å²) in [4.78, 5) is 64.0. The molecule has 0 amide bonds. The molecular weight excluding hydrogens is 632 g/mol. The molecule has 1 fully saturated rings. The Morgan fingerprint density at radius 2 is 1.02 bits per heavy atom. The molecule has 1 heterocycles. The highest BCUT2D eigenvalue weighted by molar-refractivity contribution is 5.63. The minimum Gasteiger partial charge on any atom is -0.434 e. The maximum absolute atomic E-state index is 11.4. The zero-order valence-corrected chi connectivity index (χ0v) is 26.7. The molecule has 46 heavy (non-hydrogen) atoms. The lowest BCUT2D eigenvalue weighted by atomic mass is 10.1. The van der Waals surface area contributed by atoms with E-state index in [0.717, 1.165) is 0 Å². The second kappa shape index (κ2) is 22.6. The van der Waals surface area contributed by atoms with Gasteiger partial charge in [0, 0.05) is 34.2 Å². The van der Waals surface area contributed by atoms with Crippen LogP contribution in [0.1, 0.15) is 33.6 Å². The number of aliphatic hydroxyl groups excluding tert-OH is 2. The number of cyclic esters (lactones) is 2. The van der Waals surface area contributed by atoms with Crippen molar-refractivity contribution in [2.24, 2.45) is 0 Å². The molecule has 2 atom stereocenters. The Morgan fingerprint density at radius 3 is 1.33 bits per heavy atom. The first-order valence-electron chi connectivity index (χ1n) is 13.6. The Balaban J connectivity index is 0.00000170. The van der Waals surface area contributed by atoms with Gasteiger partial charge in [-0.15, -0.1) is 0 Å². The van der Waals surface area contributed by atoms with Crippen LogP contribution in [0.15, 0.2) is 0 Å². The van der Waals surface area contributed by atoms with Crippen molar-refractivity contribution < 1.29 is 96.1 Å². The maximum Gasteiger partial charge on any atom is 0.549 e. The first-order valence-corrected chi connectivity index (χ1v) is 13.6. The summed E-state index contributed by atoms with van der Waals surface area (Å²) in [6.07, 6.45) is -5.13. The number of hydrogen-bond donors (Lipinski definition) is 2. The van der Waals surface area contributed by atoms with Crippen molar-refractivity contribution in [1.29, 1.82) is 0 Å². The van der Waals surface area contributed by atoms with Crippen molar-refractivity contribution >= 4 is 30.8 Å². The van der Waals surface area contributed by atoms with E-state index in [1.54, 1.807) is 7.11 Å². The predicted molar refractivity (Wildman–Crippen MR) is 146 cm³/mol. The molecule has 0 aliphatic carbocycles. The van der Waals surface area contributed by atoms with Gasteiger partial charge in [-0.25, -0.2) is 14.4 Å². The van der Waals surface area contributed by atoms with Crippen LogP contribution in [-0.2, 0) is 61.9 Å². The summed E-state index contributed by atoms with van der Waals surface area (Å²) in [6, 6.07) is 0. The van der Waals surface area contributed by atoms with E-state index < -0.39 is 47.6 Å². The van der Waals surface area contributed by atoms with Crippen LogP contribution >= 0.6 is 0 Å². The summed E-state index contributed by atoms with van der Waals surface area (Å²) in [5.74, 6) is 0. The second-order valence-electron chi connectivity index (χ2n) is 9.95. The van der Waals surface area contributed by atoms with Crippen LogP contribution in [0.5, 0.6) is 0 Å². The molecule has 20 nitrogen and oxygen atoms in total. The largest absolute Gasteiger partial charge is 0.549 e. The number of methoxy groups -OCH3 is 3. The SMILES string of the molecule is COC(C)(CO)COC(=O)OCCCOC(=O)OOC(=O)OCCCOC(=O)OCC(C)(CO)OC.COC1(C)COC(=O)OC1. The molecule has 0 aromatic carbocycles. The Hall–Kier alpha value is -3.85. The predicted octanol–water partition coefficient (Wildman–Crippen LogP) is 1.65. The fourth-order valence-corrected chi connectivity index (χ4v) is 2.33. The van der Waals surface area contributed by atoms with Crippen LogP contribution in [-0.4, -0.2) is 145 Å². The van der Waals surface area contributed by atoms with E-state index in [1.165, 1.54) is 28.1 Å². The van der Waals surface area contributed by atoms with E-state index in [-0.39, 0.29) is 78.9 Å². The third-order valence-electron chi connectivity index (χ3n) is 5.76. The molecule has 1 rings (SSSR count). The number of carbonyl (C=O) groups excluding carboxylic acids is 5. The monoisotopic (exact) mass is 676 g/mol. The molecule has 268 valence electrons.